The zero-order valence-electron chi connectivity index (χ0n) is 35.1. The largest absolute Gasteiger partial charge is 0.453 e. The molecular formula is C58H33N7O. The van der Waals surface area contributed by atoms with Crippen LogP contribution < -0.4 is 0 Å². The van der Waals surface area contributed by atoms with E-state index in [0.717, 1.165) is 104 Å². The highest BCUT2D eigenvalue weighted by molar-refractivity contribution is 6.27. The molecule has 14 aromatic rings. The van der Waals surface area contributed by atoms with E-state index < -0.39 is 0 Å². The predicted octanol–water partition coefficient (Wildman–Crippen LogP) is 14.3. The van der Waals surface area contributed by atoms with Crippen molar-refractivity contribution in [3.63, 3.8) is 0 Å². The maximum atomic E-state index is 11.1. The lowest BCUT2D eigenvalue weighted by Crippen LogP contribution is -2.06. The summed E-state index contributed by atoms with van der Waals surface area (Å²) in [5.74, 6) is 1.49. The van der Waals surface area contributed by atoms with Gasteiger partial charge in [0.2, 0.25) is 5.95 Å². The van der Waals surface area contributed by atoms with Crippen LogP contribution in [0.1, 0.15) is 5.56 Å². The normalized spacial score (nSPS) is 11.9. The molecule has 14 rings (SSSR count). The van der Waals surface area contributed by atoms with E-state index in [1.165, 1.54) is 0 Å². The molecule has 0 N–H and O–H groups in total. The molecule has 8 heteroatoms. The number of benzene rings is 9. The molecule has 9 aromatic carbocycles. The number of hydrogen-bond donors (Lipinski definition) is 0. The Morgan fingerprint density at radius 1 is 0.394 bits per heavy atom. The molecule has 0 bridgehead atoms. The lowest BCUT2D eigenvalue weighted by molar-refractivity contribution is 0.675. The van der Waals surface area contributed by atoms with Gasteiger partial charge in [0, 0.05) is 54.5 Å². The maximum absolute atomic E-state index is 11.1. The third kappa shape index (κ3) is 5.11. The second-order valence-electron chi connectivity index (χ2n) is 16.7. The quantitative estimate of drug-likeness (QED) is 0.172. The molecule has 5 heterocycles. The van der Waals surface area contributed by atoms with Gasteiger partial charge in [0.05, 0.1) is 49.7 Å². The molecule has 8 nitrogen and oxygen atoms in total. The van der Waals surface area contributed by atoms with Gasteiger partial charge in [-0.2, -0.15) is 15.2 Å². The van der Waals surface area contributed by atoms with E-state index in [4.69, 9.17) is 19.4 Å². The molecule has 0 aliphatic heterocycles. The number of hydrogen-bond acceptors (Lipinski definition) is 5. The van der Waals surface area contributed by atoms with Crippen molar-refractivity contribution < 1.29 is 4.42 Å². The lowest BCUT2D eigenvalue weighted by Gasteiger charge is -2.13. The summed E-state index contributed by atoms with van der Waals surface area (Å²) in [4.78, 5) is 15.4. The molecule has 0 saturated carbocycles. The summed E-state index contributed by atoms with van der Waals surface area (Å²) in [7, 11) is 0. The predicted molar refractivity (Wildman–Crippen MR) is 266 cm³/mol. The first-order chi connectivity index (χ1) is 32.7. The summed E-state index contributed by atoms with van der Waals surface area (Å²) in [6.45, 7) is 0. The van der Waals surface area contributed by atoms with Gasteiger partial charge in [-0.1, -0.05) is 127 Å². The molecule has 0 atom stereocenters. The summed E-state index contributed by atoms with van der Waals surface area (Å²) in [5.41, 5.74) is 11.5. The molecule has 0 fully saturated rings. The number of rotatable bonds is 5. The van der Waals surface area contributed by atoms with Gasteiger partial charge in [0.15, 0.2) is 17.2 Å². The van der Waals surface area contributed by atoms with Crippen LogP contribution in [0.2, 0.25) is 0 Å². The Bertz CT molecular complexity index is 4310. The van der Waals surface area contributed by atoms with Crippen molar-refractivity contribution >= 4 is 87.4 Å². The highest BCUT2D eigenvalue weighted by Gasteiger charge is 2.24. The number of aromatic nitrogens is 6. The van der Waals surface area contributed by atoms with E-state index in [1.807, 2.05) is 72.8 Å². The Morgan fingerprint density at radius 3 is 1.61 bits per heavy atom. The molecule has 0 aliphatic carbocycles. The smallest absolute Gasteiger partial charge is 0.238 e. The lowest BCUT2D eigenvalue weighted by atomic mass is 10.1. The molecule has 0 amide bonds. The molecular weight excluding hydrogens is 811 g/mol. The monoisotopic (exact) mass is 843 g/mol. The fourth-order valence-electron chi connectivity index (χ4n) is 10.3. The van der Waals surface area contributed by atoms with Crippen LogP contribution in [0.5, 0.6) is 0 Å². The van der Waals surface area contributed by atoms with Crippen LogP contribution in [0.15, 0.2) is 205 Å². The van der Waals surface area contributed by atoms with E-state index >= 15 is 0 Å². The number of para-hydroxylation sites is 5. The number of nitriles is 1. The van der Waals surface area contributed by atoms with E-state index in [-0.39, 0.29) is 0 Å². The third-order valence-electron chi connectivity index (χ3n) is 13.1. The van der Waals surface area contributed by atoms with Crippen LogP contribution in [0.4, 0.5) is 0 Å². The van der Waals surface area contributed by atoms with Gasteiger partial charge in [-0.05, 0) is 72.8 Å². The standard InChI is InChI=1S/C58H33N7O/c59-34-37-33-36(57-60-56(35-15-3-1-4-16-35)61-58(62-57)65-48-24-12-7-19-39(48)40-20-8-13-25-49(40)65)27-31-46(37)64-47-23-11-9-21-41(47)42-28-29-44-43-30-32-51-52(54(43)66-55(44)53(42)64)45-22-10-14-26-50(45)63(51)38-17-5-2-6-18-38/h1-33H. The number of furan rings is 1. The minimum absolute atomic E-state index is 0.462. The first-order valence-corrected chi connectivity index (χ1v) is 21.9. The van der Waals surface area contributed by atoms with Crippen molar-refractivity contribution in [2.45, 2.75) is 0 Å². The van der Waals surface area contributed by atoms with Crippen LogP contribution in [0, 0.1) is 11.3 Å². The molecule has 0 spiro atoms. The van der Waals surface area contributed by atoms with Gasteiger partial charge >= 0.3 is 0 Å². The summed E-state index contributed by atoms with van der Waals surface area (Å²) in [5, 5.41) is 19.7. The minimum atomic E-state index is 0.462. The number of nitrogens with zero attached hydrogens (tertiary/aromatic N) is 7. The van der Waals surface area contributed by atoms with E-state index in [1.54, 1.807) is 0 Å². The van der Waals surface area contributed by atoms with Crippen molar-refractivity contribution in [1.29, 1.82) is 5.26 Å². The Balaban J connectivity index is 1.00. The van der Waals surface area contributed by atoms with Gasteiger partial charge in [0.25, 0.3) is 0 Å². The second kappa shape index (κ2) is 13.8. The molecule has 0 saturated heterocycles. The highest BCUT2D eigenvalue weighted by Crippen LogP contribution is 2.45. The average Bonchev–Trinajstić information content (AvgIpc) is 4.13. The topological polar surface area (TPSA) is 90.4 Å². The van der Waals surface area contributed by atoms with Crippen molar-refractivity contribution in [3.8, 4) is 46.2 Å². The van der Waals surface area contributed by atoms with E-state index in [9.17, 15) is 5.26 Å². The van der Waals surface area contributed by atoms with Crippen LogP contribution >= 0.6 is 0 Å². The Labute approximate surface area is 376 Å². The van der Waals surface area contributed by atoms with Gasteiger partial charge in [-0.25, -0.2) is 4.98 Å². The highest BCUT2D eigenvalue weighted by atomic mass is 16.3. The van der Waals surface area contributed by atoms with Gasteiger partial charge in [-0.15, -0.1) is 0 Å². The molecule has 306 valence electrons. The third-order valence-corrected chi connectivity index (χ3v) is 13.1. The first-order valence-electron chi connectivity index (χ1n) is 21.9. The van der Waals surface area contributed by atoms with E-state index in [0.29, 0.717) is 28.7 Å². The molecule has 5 aromatic heterocycles. The van der Waals surface area contributed by atoms with E-state index in [2.05, 4.69) is 147 Å². The van der Waals surface area contributed by atoms with Gasteiger partial charge < -0.3 is 13.6 Å². The van der Waals surface area contributed by atoms with Crippen LogP contribution in [-0.2, 0) is 0 Å². The molecule has 0 unspecified atom stereocenters. The minimum Gasteiger partial charge on any atom is -0.453 e. The summed E-state index contributed by atoms with van der Waals surface area (Å²) >= 11 is 0. The van der Waals surface area contributed by atoms with Crippen molar-refractivity contribution in [2.24, 2.45) is 0 Å². The maximum Gasteiger partial charge on any atom is 0.238 e. The van der Waals surface area contributed by atoms with Crippen LogP contribution in [-0.4, -0.2) is 28.7 Å². The van der Waals surface area contributed by atoms with Gasteiger partial charge in [0.1, 0.15) is 11.7 Å². The molecule has 66 heavy (non-hydrogen) atoms. The molecule has 0 aliphatic rings. The van der Waals surface area contributed by atoms with Crippen LogP contribution in [0.25, 0.3) is 127 Å². The SMILES string of the molecule is N#Cc1cc(-c2nc(-c3ccccc3)nc(-n3c4ccccc4c4ccccc43)n2)ccc1-n1c2ccccc2c2ccc3c4ccc5c(c6ccccc6n5-c5ccccc5)c4oc3c21. The Hall–Kier alpha value is -9.32. The molecule has 0 radical (unpaired) electrons. The van der Waals surface area contributed by atoms with Crippen molar-refractivity contribution in [1.82, 2.24) is 28.7 Å². The second-order valence-corrected chi connectivity index (χ2v) is 16.7. The Kier molecular flexibility index (Phi) is 7.59. The average molecular weight is 844 g/mol. The van der Waals surface area contributed by atoms with Crippen molar-refractivity contribution in [2.75, 3.05) is 0 Å². The summed E-state index contributed by atoms with van der Waals surface area (Å²) in [6, 6.07) is 71.2. The first kappa shape index (κ1) is 36.2. The fourth-order valence-corrected chi connectivity index (χ4v) is 10.3. The fraction of sp³-hybridized carbons (Fsp3) is 0. The summed E-state index contributed by atoms with van der Waals surface area (Å²) < 4.78 is 13.8. The zero-order chi connectivity index (χ0) is 43.5. The van der Waals surface area contributed by atoms with Crippen LogP contribution in [0.3, 0.4) is 0 Å². The summed E-state index contributed by atoms with van der Waals surface area (Å²) in [6.07, 6.45) is 0. The zero-order valence-corrected chi connectivity index (χ0v) is 35.1. The van der Waals surface area contributed by atoms with Gasteiger partial charge in [-0.3, -0.25) is 4.57 Å². The Morgan fingerprint density at radius 2 is 0.924 bits per heavy atom. The van der Waals surface area contributed by atoms with Crippen molar-refractivity contribution in [3.05, 3.63) is 206 Å². The number of fused-ring (bicyclic) bond motifs is 14.